The van der Waals surface area contributed by atoms with Crippen LogP contribution in [0.4, 0.5) is 11.4 Å². The van der Waals surface area contributed by atoms with E-state index in [1.165, 1.54) is 19.2 Å². The predicted molar refractivity (Wildman–Crippen MR) is 69.7 cm³/mol. The van der Waals surface area contributed by atoms with Gasteiger partial charge in [0.2, 0.25) is 0 Å². The fraction of sp³-hybridized carbons (Fsp3) is 0.417. The molecule has 104 valence electrons. The SMILES string of the molecule is COc1cc(N(C)CC(C)C(=O)O)ccc1[N+](=O)[O-]. The van der Waals surface area contributed by atoms with E-state index >= 15 is 0 Å². The minimum Gasteiger partial charge on any atom is -0.490 e. The van der Waals surface area contributed by atoms with Gasteiger partial charge in [0, 0.05) is 31.4 Å². The highest BCUT2D eigenvalue weighted by Gasteiger charge is 2.18. The number of hydrogen-bond donors (Lipinski definition) is 1. The number of carboxylic acids is 1. The van der Waals surface area contributed by atoms with E-state index in [1.807, 2.05) is 0 Å². The fourth-order valence-electron chi connectivity index (χ4n) is 1.65. The van der Waals surface area contributed by atoms with E-state index in [0.29, 0.717) is 12.2 Å². The highest BCUT2D eigenvalue weighted by Crippen LogP contribution is 2.31. The van der Waals surface area contributed by atoms with Gasteiger partial charge in [0.05, 0.1) is 18.0 Å². The molecule has 0 bridgehead atoms. The summed E-state index contributed by atoms with van der Waals surface area (Å²) in [6, 6.07) is 4.43. The van der Waals surface area contributed by atoms with Crippen LogP contribution in [0.3, 0.4) is 0 Å². The van der Waals surface area contributed by atoms with Crippen LogP contribution in [0.15, 0.2) is 18.2 Å². The van der Waals surface area contributed by atoms with Crippen LogP contribution >= 0.6 is 0 Å². The Morgan fingerprint density at radius 1 is 1.58 bits per heavy atom. The largest absolute Gasteiger partial charge is 0.490 e. The van der Waals surface area contributed by atoms with Gasteiger partial charge in [-0.05, 0) is 6.07 Å². The first-order chi connectivity index (χ1) is 8.86. The molecule has 1 aromatic rings. The molecule has 0 aromatic heterocycles. The molecular formula is C12H16N2O5. The van der Waals surface area contributed by atoms with Crippen molar-refractivity contribution in [2.75, 3.05) is 25.6 Å². The van der Waals surface area contributed by atoms with Gasteiger partial charge in [-0.2, -0.15) is 0 Å². The topological polar surface area (TPSA) is 92.9 Å². The van der Waals surface area contributed by atoms with Gasteiger partial charge in [0.25, 0.3) is 0 Å². The molecular weight excluding hydrogens is 252 g/mol. The highest BCUT2D eigenvalue weighted by atomic mass is 16.6. The number of hydrogen-bond acceptors (Lipinski definition) is 5. The molecule has 0 heterocycles. The standard InChI is InChI=1S/C12H16N2O5/c1-8(12(15)16)7-13(2)9-4-5-10(14(17)18)11(6-9)19-3/h4-6,8H,7H2,1-3H3,(H,15,16). The van der Waals surface area contributed by atoms with Gasteiger partial charge in [-0.3, -0.25) is 14.9 Å². The highest BCUT2D eigenvalue weighted by molar-refractivity contribution is 5.70. The molecule has 0 aliphatic heterocycles. The lowest BCUT2D eigenvalue weighted by Gasteiger charge is -2.21. The number of rotatable bonds is 6. The van der Waals surface area contributed by atoms with E-state index in [-0.39, 0.29) is 11.4 Å². The second kappa shape index (κ2) is 6.03. The predicted octanol–water partition coefficient (Wildman–Crippen LogP) is 1.76. The van der Waals surface area contributed by atoms with Crippen molar-refractivity contribution in [1.82, 2.24) is 0 Å². The molecule has 0 fully saturated rings. The number of benzene rings is 1. The number of anilines is 1. The molecule has 1 atom stereocenters. The van der Waals surface area contributed by atoms with E-state index in [2.05, 4.69) is 0 Å². The number of carboxylic acid groups (broad SMARTS) is 1. The molecule has 1 aromatic carbocycles. The summed E-state index contributed by atoms with van der Waals surface area (Å²) in [7, 11) is 3.08. The van der Waals surface area contributed by atoms with Crippen LogP contribution in [0, 0.1) is 16.0 Å². The summed E-state index contributed by atoms with van der Waals surface area (Å²) in [5, 5.41) is 19.6. The second-order valence-electron chi connectivity index (χ2n) is 4.23. The zero-order valence-corrected chi connectivity index (χ0v) is 11.0. The molecule has 0 spiro atoms. The number of nitro groups is 1. The Hall–Kier alpha value is -2.31. The molecule has 0 aliphatic rings. The summed E-state index contributed by atoms with van der Waals surface area (Å²) >= 11 is 0. The number of nitrogens with zero attached hydrogens (tertiary/aromatic N) is 2. The van der Waals surface area contributed by atoms with Crippen molar-refractivity contribution < 1.29 is 19.6 Å². The second-order valence-corrected chi connectivity index (χ2v) is 4.23. The monoisotopic (exact) mass is 268 g/mol. The van der Waals surface area contributed by atoms with E-state index in [0.717, 1.165) is 0 Å². The maximum Gasteiger partial charge on any atom is 0.311 e. The maximum atomic E-state index is 10.8. The van der Waals surface area contributed by atoms with Crippen LogP contribution < -0.4 is 9.64 Å². The third-order valence-corrected chi connectivity index (χ3v) is 2.77. The Morgan fingerprint density at radius 3 is 2.68 bits per heavy atom. The number of nitro benzene ring substituents is 1. The maximum absolute atomic E-state index is 10.8. The van der Waals surface area contributed by atoms with Gasteiger partial charge in [-0.25, -0.2) is 0 Å². The molecule has 0 amide bonds. The number of aliphatic carboxylic acids is 1. The Bertz CT molecular complexity index is 489. The van der Waals surface area contributed by atoms with Crippen molar-refractivity contribution >= 4 is 17.3 Å². The van der Waals surface area contributed by atoms with Crippen molar-refractivity contribution in [1.29, 1.82) is 0 Å². The zero-order valence-electron chi connectivity index (χ0n) is 11.0. The van der Waals surface area contributed by atoms with E-state index < -0.39 is 16.8 Å². The van der Waals surface area contributed by atoms with E-state index in [9.17, 15) is 14.9 Å². The first-order valence-electron chi connectivity index (χ1n) is 5.63. The van der Waals surface area contributed by atoms with Gasteiger partial charge < -0.3 is 14.7 Å². The van der Waals surface area contributed by atoms with Crippen LogP contribution in [-0.2, 0) is 4.79 Å². The van der Waals surface area contributed by atoms with Crippen LogP contribution in [0.5, 0.6) is 5.75 Å². The van der Waals surface area contributed by atoms with Gasteiger partial charge >= 0.3 is 11.7 Å². The van der Waals surface area contributed by atoms with Crippen molar-refractivity contribution in [3.63, 3.8) is 0 Å². The van der Waals surface area contributed by atoms with Crippen molar-refractivity contribution in [3.8, 4) is 5.75 Å². The summed E-state index contributed by atoms with van der Waals surface area (Å²) in [6.45, 7) is 1.90. The average molecular weight is 268 g/mol. The Labute approximate surface area is 110 Å². The molecule has 1 N–H and O–H groups in total. The van der Waals surface area contributed by atoms with Gasteiger partial charge in [-0.15, -0.1) is 0 Å². The molecule has 7 nitrogen and oxygen atoms in total. The van der Waals surface area contributed by atoms with Crippen LogP contribution in [0.2, 0.25) is 0 Å². The van der Waals surface area contributed by atoms with Crippen LogP contribution in [-0.4, -0.2) is 36.7 Å². The summed E-state index contributed by atoms with van der Waals surface area (Å²) < 4.78 is 4.97. The van der Waals surface area contributed by atoms with Crippen LogP contribution in [0.25, 0.3) is 0 Å². The number of methoxy groups -OCH3 is 1. The molecule has 0 radical (unpaired) electrons. The average Bonchev–Trinajstić information content (AvgIpc) is 2.37. The third kappa shape index (κ3) is 3.57. The van der Waals surface area contributed by atoms with Gasteiger partial charge in [0.1, 0.15) is 0 Å². The summed E-state index contributed by atoms with van der Waals surface area (Å²) in [4.78, 5) is 22.7. The van der Waals surface area contributed by atoms with Crippen molar-refractivity contribution in [3.05, 3.63) is 28.3 Å². The Morgan fingerprint density at radius 2 is 2.21 bits per heavy atom. The van der Waals surface area contributed by atoms with Gasteiger partial charge in [-0.1, -0.05) is 6.92 Å². The van der Waals surface area contributed by atoms with Crippen LogP contribution in [0.1, 0.15) is 6.92 Å². The minimum atomic E-state index is -0.888. The Kier molecular flexibility index (Phi) is 4.68. The lowest BCUT2D eigenvalue weighted by Crippen LogP contribution is -2.28. The summed E-state index contributed by atoms with van der Waals surface area (Å²) in [5.74, 6) is -1.27. The van der Waals surface area contributed by atoms with E-state index in [1.54, 1.807) is 24.9 Å². The molecule has 1 rings (SSSR count). The first-order valence-corrected chi connectivity index (χ1v) is 5.63. The summed E-state index contributed by atoms with van der Waals surface area (Å²) in [6.07, 6.45) is 0. The lowest BCUT2D eigenvalue weighted by atomic mass is 10.1. The quantitative estimate of drug-likeness (QED) is 0.624. The smallest absolute Gasteiger partial charge is 0.311 e. The minimum absolute atomic E-state index is 0.120. The summed E-state index contributed by atoms with van der Waals surface area (Å²) in [5.41, 5.74) is 0.543. The first kappa shape index (κ1) is 14.7. The molecule has 0 saturated heterocycles. The molecule has 0 aliphatic carbocycles. The van der Waals surface area contributed by atoms with Crippen molar-refractivity contribution in [2.45, 2.75) is 6.92 Å². The normalized spacial score (nSPS) is 11.7. The Balaban J connectivity index is 2.96. The molecule has 7 heteroatoms. The lowest BCUT2D eigenvalue weighted by molar-refractivity contribution is -0.385. The molecule has 1 unspecified atom stereocenters. The molecule has 19 heavy (non-hydrogen) atoms. The number of carbonyl (C=O) groups is 1. The molecule has 0 saturated carbocycles. The fourth-order valence-corrected chi connectivity index (χ4v) is 1.65. The van der Waals surface area contributed by atoms with Gasteiger partial charge in [0.15, 0.2) is 5.75 Å². The van der Waals surface area contributed by atoms with Crippen molar-refractivity contribution in [2.24, 2.45) is 5.92 Å². The zero-order chi connectivity index (χ0) is 14.6. The number of ether oxygens (including phenoxy) is 1. The third-order valence-electron chi connectivity index (χ3n) is 2.77. The van der Waals surface area contributed by atoms with E-state index in [4.69, 9.17) is 9.84 Å².